The average Bonchev–Trinajstić information content (AvgIpc) is 2.35. The lowest BCUT2D eigenvalue weighted by Crippen LogP contribution is -1.67. The van der Waals surface area contributed by atoms with Crippen LogP contribution in [0.4, 0.5) is 0 Å². The number of hydrogen-bond acceptors (Lipinski definition) is 9. The van der Waals surface area contributed by atoms with Gasteiger partial charge in [0, 0.05) is 10.2 Å². The molecule has 0 radical (unpaired) electrons. The summed E-state index contributed by atoms with van der Waals surface area (Å²) in [6.45, 7) is 0. The maximum absolute atomic E-state index is 2.13. The standard InChI is InChI=1S/C4H10S6.C4H10S3/c1-5-7-3-9-10-4-8-6-2;1-5-3-7-4-6-2/h3-4H2,1-2H3;3-4H2,1-2H3. The molecule has 0 heterocycles. The zero-order chi connectivity index (χ0) is 13.2. The summed E-state index contributed by atoms with van der Waals surface area (Å²) in [5.41, 5.74) is 0. The lowest BCUT2D eigenvalue weighted by molar-refractivity contribution is 2.13. The second kappa shape index (κ2) is 24.2. The molecule has 0 amide bonds. The van der Waals surface area contributed by atoms with Crippen LogP contribution in [0.1, 0.15) is 0 Å². The van der Waals surface area contributed by atoms with E-state index in [0.717, 1.165) is 0 Å². The van der Waals surface area contributed by atoms with E-state index in [2.05, 4.69) is 25.0 Å². The van der Waals surface area contributed by atoms with Gasteiger partial charge in [-0.15, -0.1) is 11.8 Å². The maximum atomic E-state index is 2.13. The van der Waals surface area contributed by atoms with E-state index >= 15 is 0 Å². The molecule has 0 aliphatic carbocycles. The SMILES string of the molecule is CSCSCSC.CSSCSSCSSC. The van der Waals surface area contributed by atoms with E-state index in [1.807, 2.05) is 100 Å². The Morgan fingerprint density at radius 2 is 0.941 bits per heavy atom. The normalized spacial score (nSPS) is 9.88. The van der Waals surface area contributed by atoms with Crippen LogP contribution in [0.15, 0.2) is 0 Å². The van der Waals surface area contributed by atoms with Crippen LogP contribution in [0.25, 0.3) is 0 Å². The van der Waals surface area contributed by atoms with Gasteiger partial charge in [0.1, 0.15) is 0 Å². The molecule has 0 atom stereocenters. The molecule has 0 fully saturated rings. The number of thioether (sulfide) groups is 3. The molecular weight excluding hydrogens is 385 g/mol. The molecule has 0 aromatic carbocycles. The van der Waals surface area contributed by atoms with E-state index in [9.17, 15) is 0 Å². The Bertz CT molecular complexity index is 101. The van der Waals surface area contributed by atoms with Gasteiger partial charge in [-0.2, -0.15) is 23.5 Å². The first-order valence-electron chi connectivity index (χ1n) is 4.44. The molecule has 0 aliphatic heterocycles. The highest BCUT2D eigenvalue weighted by Crippen LogP contribution is 2.34. The van der Waals surface area contributed by atoms with Gasteiger partial charge in [0.15, 0.2) is 0 Å². The molecule has 17 heavy (non-hydrogen) atoms. The summed E-state index contributed by atoms with van der Waals surface area (Å²) >= 11 is 5.76. The smallest absolute Gasteiger partial charge is 0.0600 e. The summed E-state index contributed by atoms with van der Waals surface area (Å²) in [6, 6.07) is 0. The second-order valence-corrected chi connectivity index (χ2v) is 13.8. The minimum atomic E-state index is 1.20. The molecule has 0 nitrogen and oxygen atoms in total. The van der Waals surface area contributed by atoms with Gasteiger partial charge in [-0.05, 0) is 25.0 Å². The van der Waals surface area contributed by atoms with Gasteiger partial charge in [0.05, 0.1) is 10.2 Å². The first-order valence-corrected chi connectivity index (χ1v) is 16.3. The molecule has 0 saturated carbocycles. The number of rotatable bonds is 11. The first-order chi connectivity index (χ1) is 8.33. The lowest BCUT2D eigenvalue weighted by Gasteiger charge is -1.96. The Hall–Kier alpha value is 3.15. The molecule has 0 spiro atoms. The predicted molar refractivity (Wildman–Crippen MR) is 111 cm³/mol. The second-order valence-electron chi connectivity index (χ2n) is 2.06. The molecule has 0 unspecified atom stereocenters. The highest BCUT2D eigenvalue weighted by Gasteiger charge is 1.89. The summed E-state index contributed by atoms with van der Waals surface area (Å²) in [5.74, 6) is 0. The van der Waals surface area contributed by atoms with Gasteiger partial charge in [0.25, 0.3) is 0 Å². The van der Waals surface area contributed by atoms with Crippen LogP contribution in [0, 0.1) is 0 Å². The summed E-state index contributed by atoms with van der Waals surface area (Å²) < 4.78 is 0. The summed E-state index contributed by atoms with van der Waals surface area (Å²) in [7, 11) is 11.4. The van der Waals surface area contributed by atoms with Crippen LogP contribution >= 0.6 is 100 Å². The Morgan fingerprint density at radius 3 is 1.24 bits per heavy atom. The van der Waals surface area contributed by atoms with E-state index in [1.165, 1.54) is 20.3 Å². The molecule has 0 aliphatic rings. The zero-order valence-corrected chi connectivity index (χ0v) is 17.9. The molecule has 0 bridgehead atoms. The van der Waals surface area contributed by atoms with Gasteiger partial charge < -0.3 is 0 Å². The molecule has 0 aromatic heterocycles. The fourth-order valence-corrected chi connectivity index (χ4v) is 10.0. The summed E-state index contributed by atoms with van der Waals surface area (Å²) in [5, 5.41) is 4.86. The van der Waals surface area contributed by atoms with E-state index in [-0.39, 0.29) is 0 Å². The Kier molecular flexibility index (Phi) is 31.9. The van der Waals surface area contributed by atoms with Crippen molar-refractivity contribution in [3.63, 3.8) is 0 Å². The van der Waals surface area contributed by atoms with Gasteiger partial charge in [0.2, 0.25) is 0 Å². The Labute approximate surface area is 144 Å². The van der Waals surface area contributed by atoms with Crippen molar-refractivity contribution < 1.29 is 0 Å². The van der Waals surface area contributed by atoms with Gasteiger partial charge >= 0.3 is 0 Å². The maximum Gasteiger partial charge on any atom is 0.0600 e. The third kappa shape index (κ3) is 28.1. The molecule has 0 saturated heterocycles. The van der Waals surface area contributed by atoms with Crippen molar-refractivity contribution in [3.8, 4) is 0 Å². The third-order valence-corrected chi connectivity index (χ3v) is 11.7. The minimum absolute atomic E-state index is 1.20. The number of hydrogen-bond donors (Lipinski definition) is 0. The van der Waals surface area contributed by atoms with Crippen molar-refractivity contribution >= 4 is 100 Å². The van der Waals surface area contributed by atoms with Crippen molar-refractivity contribution in [2.45, 2.75) is 0 Å². The highest BCUT2D eigenvalue weighted by molar-refractivity contribution is 8.88. The van der Waals surface area contributed by atoms with Crippen molar-refractivity contribution in [1.29, 1.82) is 0 Å². The van der Waals surface area contributed by atoms with Crippen LogP contribution in [0.2, 0.25) is 0 Å². The van der Waals surface area contributed by atoms with Crippen LogP contribution in [-0.2, 0) is 0 Å². The van der Waals surface area contributed by atoms with E-state index in [0.29, 0.717) is 0 Å². The monoisotopic (exact) mass is 404 g/mol. The molecule has 0 aromatic rings. The molecule has 0 rings (SSSR count). The lowest BCUT2D eigenvalue weighted by atomic mass is 11.8. The highest BCUT2D eigenvalue weighted by atomic mass is 33.2. The molecule has 9 heteroatoms. The van der Waals surface area contributed by atoms with Gasteiger partial charge in [-0.3, -0.25) is 0 Å². The first kappa shape index (κ1) is 22.4. The van der Waals surface area contributed by atoms with Crippen LogP contribution in [0.3, 0.4) is 0 Å². The fraction of sp³-hybridized carbons (Fsp3) is 1.00. The van der Waals surface area contributed by atoms with Gasteiger partial charge in [-0.25, -0.2) is 0 Å². The van der Waals surface area contributed by atoms with E-state index in [4.69, 9.17) is 0 Å². The van der Waals surface area contributed by atoms with Crippen LogP contribution in [-0.4, -0.2) is 45.4 Å². The quantitative estimate of drug-likeness (QED) is 0.208. The largest absolute Gasteiger partial charge is 0.154 e. The van der Waals surface area contributed by atoms with E-state index in [1.54, 1.807) is 0 Å². The summed E-state index contributed by atoms with van der Waals surface area (Å²) in [6.07, 6.45) is 8.50. The van der Waals surface area contributed by atoms with Crippen LogP contribution in [0.5, 0.6) is 0 Å². The minimum Gasteiger partial charge on any atom is -0.154 e. The Balaban J connectivity index is 0. The third-order valence-electron chi connectivity index (χ3n) is 0.914. The molecule has 0 N–H and O–H groups in total. The molecule has 106 valence electrons. The van der Waals surface area contributed by atoms with Crippen molar-refractivity contribution in [2.75, 3.05) is 45.4 Å². The zero-order valence-electron chi connectivity index (χ0n) is 10.5. The Morgan fingerprint density at radius 1 is 0.529 bits per heavy atom. The summed E-state index contributed by atoms with van der Waals surface area (Å²) in [4.78, 5) is 0. The average molecular weight is 405 g/mol. The van der Waals surface area contributed by atoms with Crippen molar-refractivity contribution in [1.82, 2.24) is 0 Å². The topological polar surface area (TPSA) is 0 Å². The van der Waals surface area contributed by atoms with Gasteiger partial charge in [-0.1, -0.05) is 64.8 Å². The van der Waals surface area contributed by atoms with Crippen molar-refractivity contribution in [3.05, 3.63) is 0 Å². The fourth-order valence-electron chi connectivity index (χ4n) is 0.404. The predicted octanol–water partition coefficient (Wildman–Crippen LogP) is 6.67. The molecular formula is C8H20S9. The van der Waals surface area contributed by atoms with E-state index < -0.39 is 0 Å². The van der Waals surface area contributed by atoms with Crippen molar-refractivity contribution in [2.24, 2.45) is 0 Å². The van der Waals surface area contributed by atoms with Crippen LogP contribution < -0.4 is 0 Å².